The van der Waals surface area contributed by atoms with Gasteiger partial charge in [-0.2, -0.15) is 0 Å². The molecule has 1 aliphatic carbocycles. The number of aromatic carboxylic acids is 1. The fourth-order valence-corrected chi connectivity index (χ4v) is 4.34. The van der Waals surface area contributed by atoms with Crippen molar-refractivity contribution >= 4 is 39.7 Å². The summed E-state index contributed by atoms with van der Waals surface area (Å²) in [5.74, 6) is -1.04. The fourth-order valence-electron chi connectivity index (χ4n) is 2.37. The monoisotopic (exact) mass is 322 g/mol. The number of carboxylic acids is 1. The zero-order valence-electron chi connectivity index (χ0n) is 11.1. The number of fused-ring (bicyclic) bond motifs is 1. The second kappa shape index (κ2) is 5.87. The number of hydrogen-bond acceptors (Lipinski definition) is 4. The van der Waals surface area contributed by atoms with Gasteiger partial charge in [0.2, 0.25) is 0 Å². The van der Waals surface area contributed by atoms with E-state index in [1.54, 1.807) is 16.7 Å². The smallest absolute Gasteiger partial charge is 0.338 e. The average Bonchev–Trinajstić information content (AvgIpc) is 3.10. The Bertz CT molecular complexity index is 669. The maximum absolute atomic E-state index is 11.8. The summed E-state index contributed by atoms with van der Waals surface area (Å²) in [5.41, 5.74) is 1.52. The molecule has 0 unspecified atom stereocenters. The lowest BCUT2D eigenvalue weighted by Crippen LogP contribution is -2.28. The minimum absolute atomic E-state index is 0.116. The van der Waals surface area contributed by atoms with Gasteiger partial charge in [-0.3, -0.25) is 5.32 Å². The van der Waals surface area contributed by atoms with E-state index in [0.29, 0.717) is 11.5 Å². The number of anilines is 1. The highest BCUT2D eigenvalue weighted by atomic mass is 32.1. The van der Waals surface area contributed by atoms with Gasteiger partial charge in [0.05, 0.1) is 12.1 Å². The van der Waals surface area contributed by atoms with Gasteiger partial charge in [0.25, 0.3) is 0 Å². The van der Waals surface area contributed by atoms with Gasteiger partial charge in [0, 0.05) is 9.75 Å². The molecule has 0 atom stereocenters. The number of carboxylic acid groups (broad SMARTS) is 1. The van der Waals surface area contributed by atoms with Crippen LogP contribution in [-0.4, -0.2) is 17.1 Å². The summed E-state index contributed by atoms with van der Waals surface area (Å²) in [4.78, 5) is 25.4. The number of rotatable bonds is 4. The summed E-state index contributed by atoms with van der Waals surface area (Å²) in [6.45, 7) is 0.470. The second-order valence-corrected chi connectivity index (χ2v) is 6.93. The van der Waals surface area contributed by atoms with Gasteiger partial charge in [-0.15, -0.1) is 22.7 Å². The Morgan fingerprint density at radius 2 is 2.19 bits per heavy atom. The number of aryl methyl sites for hydroxylation is 2. The van der Waals surface area contributed by atoms with Crippen molar-refractivity contribution in [3.8, 4) is 0 Å². The Kier molecular flexibility index (Phi) is 3.94. The summed E-state index contributed by atoms with van der Waals surface area (Å²) < 4.78 is 0. The van der Waals surface area contributed by atoms with E-state index >= 15 is 0 Å². The predicted molar refractivity (Wildman–Crippen MR) is 83.5 cm³/mol. The number of nitrogens with one attached hydrogen (secondary N) is 2. The minimum atomic E-state index is -1.04. The maximum Gasteiger partial charge on any atom is 0.338 e. The van der Waals surface area contributed by atoms with Gasteiger partial charge in [-0.05, 0) is 42.3 Å². The van der Waals surface area contributed by atoms with Crippen LogP contribution >= 0.6 is 22.7 Å². The lowest BCUT2D eigenvalue weighted by Gasteiger charge is -2.05. The van der Waals surface area contributed by atoms with Crippen LogP contribution in [0.5, 0.6) is 0 Å². The van der Waals surface area contributed by atoms with E-state index in [0.717, 1.165) is 17.7 Å². The molecule has 0 spiro atoms. The Morgan fingerprint density at radius 3 is 2.95 bits per heavy atom. The molecular weight excluding hydrogens is 308 g/mol. The Labute approximate surface area is 129 Å². The number of thiophene rings is 2. The first-order valence-corrected chi connectivity index (χ1v) is 8.29. The highest BCUT2D eigenvalue weighted by molar-refractivity contribution is 7.14. The van der Waals surface area contributed by atoms with E-state index in [9.17, 15) is 9.59 Å². The van der Waals surface area contributed by atoms with Crippen molar-refractivity contribution in [1.82, 2.24) is 5.32 Å². The topological polar surface area (TPSA) is 78.4 Å². The molecule has 2 aromatic heterocycles. The molecule has 21 heavy (non-hydrogen) atoms. The van der Waals surface area contributed by atoms with Gasteiger partial charge in [0.15, 0.2) is 0 Å². The van der Waals surface area contributed by atoms with Crippen molar-refractivity contribution in [2.75, 3.05) is 5.32 Å². The molecule has 0 fully saturated rings. The third-order valence-corrected chi connectivity index (χ3v) is 5.41. The van der Waals surface area contributed by atoms with Crippen molar-refractivity contribution < 1.29 is 14.7 Å². The minimum Gasteiger partial charge on any atom is -0.478 e. The van der Waals surface area contributed by atoms with Crippen LogP contribution in [0.1, 0.15) is 32.1 Å². The van der Waals surface area contributed by atoms with Gasteiger partial charge in [-0.25, -0.2) is 9.59 Å². The molecule has 2 amide bonds. The van der Waals surface area contributed by atoms with Gasteiger partial charge >= 0.3 is 12.0 Å². The van der Waals surface area contributed by atoms with Crippen molar-refractivity contribution in [3.63, 3.8) is 0 Å². The van der Waals surface area contributed by atoms with E-state index in [4.69, 9.17) is 5.11 Å². The molecule has 0 bridgehead atoms. The third-order valence-electron chi connectivity index (χ3n) is 3.34. The van der Waals surface area contributed by atoms with Crippen LogP contribution in [0.4, 0.5) is 9.80 Å². The van der Waals surface area contributed by atoms with Crippen LogP contribution in [0.2, 0.25) is 0 Å². The predicted octanol–water partition coefficient (Wildman–Crippen LogP) is 3.32. The molecule has 0 radical (unpaired) electrons. The Hall–Kier alpha value is -1.86. The van der Waals surface area contributed by atoms with Gasteiger partial charge in [-0.1, -0.05) is 0 Å². The molecule has 3 N–H and O–H groups in total. The molecule has 0 aliphatic heterocycles. The molecule has 3 rings (SSSR count). The summed E-state index contributed by atoms with van der Waals surface area (Å²) in [6.07, 6.45) is 3.50. The molecule has 2 aromatic rings. The van der Waals surface area contributed by atoms with Crippen LogP contribution in [0, 0.1) is 0 Å². The summed E-state index contributed by atoms with van der Waals surface area (Å²) in [5, 5.41) is 16.3. The molecular formula is C14H14N2O3S2. The van der Waals surface area contributed by atoms with Gasteiger partial charge in [0.1, 0.15) is 5.00 Å². The van der Waals surface area contributed by atoms with Crippen LogP contribution in [0.3, 0.4) is 0 Å². The molecule has 0 saturated carbocycles. The molecule has 110 valence electrons. The van der Waals surface area contributed by atoms with E-state index in [2.05, 4.69) is 16.7 Å². The molecule has 7 heteroatoms. The quantitative estimate of drug-likeness (QED) is 0.808. The maximum atomic E-state index is 11.8. The molecule has 2 heterocycles. The molecule has 1 aliphatic rings. The van der Waals surface area contributed by atoms with Crippen LogP contribution in [0.15, 0.2) is 17.5 Å². The fraction of sp³-hybridized carbons (Fsp3) is 0.286. The standard InChI is InChI=1S/C14H14N2O3S2/c17-13(18)10-4-5-20-12(10)16-14(19)15-7-9-6-8-2-1-3-11(8)21-9/h4-6H,1-3,7H2,(H,17,18)(H2,15,16,19). The highest BCUT2D eigenvalue weighted by Gasteiger charge is 2.16. The Balaban J connectivity index is 1.56. The second-order valence-electron chi connectivity index (χ2n) is 4.79. The average molecular weight is 322 g/mol. The molecule has 0 saturated heterocycles. The number of carbonyl (C=O) groups is 2. The van der Waals surface area contributed by atoms with E-state index in [1.165, 1.54) is 34.3 Å². The van der Waals surface area contributed by atoms with Gasteiger partial charge < -0.3 is 10.4 Å². The SMILES string of the molecule is O=C(NCc1cc2c(s1)CCC2)Nc1sccc1C(=O)O. The largest absolute Gasteiger partial charge is 0.478 e. The molecule has 5 nitrogen and oxygen atoms in total. The lowest BCUT2D eigenvalue weighted by atomic mass is 10.2. The van der Waals surface area contributed by atoms with Crippen LogP contribution in [-0.2, 0) is 19.4 Å². The Morgan fingerprint density at radius 1 is 1.33 bits per heavy atom. The summed E-state index contributed by atoms with van der Waals surface area (Å²) >= 11 is 2.94. The third kappa shape index (κ3) is 3.08. The zero-order chi connectivity index (χ0) is 14.8. The van der Waals surface area contributed by atoms with Crippen molar-refractivity contribution in [1.29, 1.82) is 0 Å². The van der Waals surface area contributed by atoms with Crippen molar-refractivity contribution in [3.05, 3.63) is 38.4 Å². The van der Waals surface area contributed by atoms with Crippen molar-refractivity contribution in [2.24, 2.45) is 0 Å². The first kappa shape index (κ1) is 14.1. The number of carbonyl (C=O) groups excluding carboxylic acids is 1. The summed E-state index contributed by atoms with van der Waals surface area (Å²) in [6, 6.07) is 3.25. The van der Waals surface area contributed by atoms with E-state index in [-0.39, 0.29) is 11.6 Å². The highest BCUT2D eigenvalue weighted by Crippen LogP contribution is 2.30. The van der Waals surface area contributed by atoms with Crippen LogP contribution < -0.4 is 10.6 Å². The zero-order valence-corrected chi connectivity index (χ0v) is 12.8. The molecule has 0 aromatic carbocycles. The summed E-state index contributed by atoms with van der Waals surface area (Å²) in [7, 11) is 0. The first-order valence-electron chi connectivity index (χ1n) is 6.59. The number of amides is 2. The van der Waals surface area contributed by atoms with E-state index in [1.807, 2.05) is 0 Å². The number of hydrogen-bond donors (Lipinski definition) is 3. The first-order chi connectivity index (χ1) is 10.1. The lowest BCUT2D eigenvalue weighted by molar-refractivity contribution is 0.0698. The normalized spacial score (nSPS) is 13.0. The van der Waals surface area contributed by atoms with E-state index < -0.39 is 5.97 Å². The number of urea groups is 1. The van der Waals surface area contributed by atoms with Crippen LogP contribution in [0.25, 0.3) is 0 Å². The van der Waals surface area contributed by atoms with Crippen molar-refractivity contribution in [2.45, 2.75) is 25.8 Å².